The topological polar surface area (TPSA) is 58.6 Å². The van der Waals surface area contributed by atoms with Gasteiger partial charge in [0.05, 0.1) is 18.0 Å². The van der Waals surface area contributed by atoms with Crippen molar-refractivity contribution in [3.05, 3.63) is 47.7 Å². The van der Waals surface area contributed by atoms with Gasteiger partial charge in [-0.2, -0.15) is 9.61 Å². The molecule has 0 unspecified atom stereocenters. The Hall–Kier alpha value is -2.34. The summed E-state index contributed by atoms with van der Waals surface area (Å²) in [5, 5.41) is 7.96. The molecule has 0 aliphatic carbocycles. The predicted octanol–water partition coefficient (Wildman–Crippen LogP) is 2.65. The molecule has 6 heteroatoms. The van der Waals surface area contributed by atoms with E-state index in [0.717, 1.165) is 35.2 Å². The fourth-order valence-electron chi connectivity index (χ4n) is 2.56. The third-order valence-corrected chi connectivity index (χ3v) is 3.65. The highest BCUT2D eigenvalue weighted by molar-refractivity contribution is 5.50. The molecule has 0 spiro atoms. The number of furan rings is 1. The lowest BCUT2D eigenvalue weighted by Crippen LogP contribution is -2.27. The van der Waals surface area contributed by atoms with Gasteiger partial charge < -0.3 is 9.73 Å². The highest BCUT2D eigenvalue weighted by Crippen LogP contribution is 2.20. The third kappa shape index (κ3) is 2.82. The van der Waals surface area contributed by atoms with Gasteiger partial charge in [0.2, 0.25) is 0 Å². The van der Waals surface area contributed by atoms with Gasteiger partial charge in [0.25, 0.3) is 0 Å². The van der Waals surface area contributed by atoms with Crippen LogP contribution in [0.1, 0.15) is 23.2 Å². The maximum absolute atomic E-state index is 5.54. The molecule has 22 heavy (non-hydrogen) atoms. The molecule has 0 fully saturated rings. The number of nitrogens with zero attached hydrogens (tertiary/aromatic N) is 4. The zero-order valence-corrected chi connectivity index (χ0v) is 13.4. The van der Waals surface area contributed by atoms with Gasteiger partial charge in [0.15, 0.2) is 5.65 Å². The molecule has 0 saturated carbocycles. The van der Waals surface area contributed by atoms with E-state index in [-0.39, 0.29) is 6.04 Å². The number of aryl methyl sites for hydroxylation is 2. The standard InChI is InChI=1S/C16H21N5O/c1-11-8-15(21-16(18-11)9-12(2)19-21)17-10-13(20(3)4)14-6-5-7-22-14/h5-9,13,17H,10H2,1-4H3/t13-/m0/s1. The van der Waals surface area contributed by atoms with Crippen LogP contribution in [0.3, 0.4) is 0 Å². The first-order valence-electron chi connectivity index (χ1n) is 7.32. The number of likely N-dealkylation sites (N-methyl/N-ethyl adjacent to an activating group) is 1. The van der Waals surface area contributed by atoms with Gasteiger partial charge in [-0.25, -0.2) is 4.98 Å². The lowest BCUT2D eigenvalue weighted by Gasteiger charge is -2.23. The van der Waals surface area contributed by atoms with Gasteiger partial charge in [0, 0.05) is 24.4 Å². The van der Waals surface area contributed by atoms with E-state index in [2.05, 4.69) is 20.3 Å². The van der Waals surface area contributed by atoms with Crippen LogP contribution in [-0.2, 0) is 0 Å². The molecule has 0 bridgehead atoms. The fourth-order valence-corrected chi connectivity index (χ4v) is 2.56. The molecule has 0 amide bonds. The summed E-state index contributed by atoms with van der Waals surface area (Å²) in [5.74, 6) is 1.88. The van der Waals surface area contributed by atoms with Crippen molar-refractivity contribution in [2.24, 2.45) is 0 Å². The summed E-state index contributed by atoms with van der Waals surface area (Å²) in [6.45, 7) is 4.68. The number of anilines is 1. The molecule has 0 aliphatic rings. The van der Waals surface area contributed by atoms with Crippen molar-refractivity contribution in [2.45, 2.75) is 19.9 Å². The summed E-state index contributed by atoms with van der Waals surface area (Å²) in [6, 6.07) is 8.05. The molecule has 3 heterocycles. The van der Waals surface area contributed by atoms with E-state index in [1.54, 1.807) is 6.26 Å². The molecule has 0 radical (unpaired) electrons. The van der Waals surface area contributed by atoms with E-state index in [4.69, 9.17) is 4.42 Å². The molecular weight excluding hydrogens is 278 g/mol. The van der Waals surface area contributed by atoms with Crippen LogP contribution in [0.5, 0.6) is 0 Å². The Bertz CT molecular complexity index is 760. The van der Waals surface area contributed by atoms with Crippen LogP contribution < -0.4 is 5.32 Å². The molecule has 0 aromatic carbocycles. The molecule has 6 nitrogen and oxygen atoms in total. The highest BCUT2D eigenvalue weighted by Gasteiger charge is 2.17. The maximum Gasteiger partial charge on any atom is 0.157 e. The lowest BCUT2D eigenvalue weighted by atomic mass is 10.2. The first-order chi connectivity index (χ1) is 10.5. The van der Waals surface area contributed by atoms with Crippen molar-refractivity contribution in [2.75, 3.05) is 26.0 Å². The normalized spacial score (nSPS) is 13.0. The molecule has 3 aromatic heterocycles. The van der Waals surface area contributed by atoms with E-state index < -0.39 is 0 Å². The number of hydrogen-bond acceptors (Lipinski definition) is 5. The average molecular weight is 299 g/mol. The molecule has 3 rings (SSSR count). The van der Waals surface area contributed by atoms with Crippen LogP contribution in [0, 0.1) is 13.8 Å². The van der Waals surface area contributed by atoms with E-state index in [1.165, 1.54) is 0 Å². The number of aromatic nitrogens is 3. The lowest BCUT2D eigenvalue weighted by molar-refractivity contribution is 0.269. The smallest absolute Gasteiger partial charge is 0.157 e. The van der Waals surface area contributed by atoms with Gasteiger partial charge in [-0.3, -0.25) is 4.90 Å². The fraction of sp³-hybridized carbons (Fsp3) is 0.375. The summed E-state index contributed by atoms with van der Waals surface area (Å²) in [6.07, 6.45) is 1.71. The van der Waals surface area contributed by atoms with Crippen molar-refractivity contribution in [3.8, 4) is 0 Å². The highest BCUT2D eigenvalue weighted by atomic mass is 16.3. The Kier molecular flexibility index (Phi) is 3.85. The molecule has 3 aromatic rings. The van der Waals surface area contributed by atoms with Crippen molar-refractivity contribution >= 4 is 11.5 Å². The Balaban J connectivity index is 1.86. The van der Waals surface area contributed by atoms with Crippen LogP contribution in [0.4, 0.5) is 5.82 Å². The van der Waals surface area contributed by atoms with Crippen molar-refractivity contribution in [3.63, 3.8) is 0 Å². The molecule has 0 saturated heterocycles. The summed E-state index contributed by atoms with van der Waals surface area (Å²) < 4.78 is 7.39. The van der Waals surface area contributed by atoms with Crippen LogP contribution >= 0.6 is 0 Å². The summed E-state index contributed by atoms with van der Waals surface area (Å²) >= 11 is 0. The van der Waals surface area contributed by atoms with E-state index in [0.29, 0.717) is 0 Å². The number of fused-ring (bicyclic) bond motifs is 1. The second-order valence-electron chi connectivity index (χ2n) is 5.71. The minimum absolute atomic E-state index is 0.148. The van der Waals surface area contributed by atoms with Gasteiger partial charge >= 0.3 is 0 Å². The number of hydrogen-bond donors (Lipinski definition) is 1. The Labute approximate surface area is 129 Å². The number of rotatable bonds is 5. The predicted molar refractivity (Wildman–Crippen MR) is 86.1 cm³/mol. The van der Waals surface area contributed by atoms with Crippen molar-refractivity contribution < 1.29 is 4.42 Å². The van der Waals surface area contributed by atoms with Gasteiger partial charge in [0.1, 0.15) is 11.6 Å². The zero-order valence-electron chi connectivity index (χ0n) is 13.4. The monoisotopic (exact) mass is 299 g/mol. The minimum atomic E-state index is 0.148. The minimum Gasteiger partial charge on any atom is -0.468 e. The zero-order chi connectivity index (χ0) is 15.7. The average Bonchev–Trinajstić information content (AvgIpc) is 3.07. The first-order valence-corrected chi connectivity index (χ1v) is 7.32. The summed E-state index contributed by atoms with van der Waals surface area (Å²) in [7, 11) is 4.08. The second-order valence-corrected chi connectivity index (χ2v) is 5.71. The molecular formula is C16H21N5O. The summed E-state index contributed by atoms with van der Waals surface area (Å²) in [5.41, 5.74) is 2.78. The Morgan fingerprint density at radius 2 is 2.09 bits per heavy atom. The molecule has 1 N–H and O–H groups in total. The quantitative estimate of drug-likeness (QED) is 0.785. The largest absolute Gasteiger partial charge is 0.468 e. The van der Waals surface area contributed by atoms with E-state index >= 15 is 0 Å². The van der Waals surface area contributed by atoms with Gasteiger partial charge in [-0.1, -0.05) is 0 Å². The Morgan fingerprint density at radius 1 is 1.27 bits per heavy atom. The number of nitrogens with one attached hydrogen (secondary N) is 1. The first kappa shape index (κ1) is 14.6. The third-order valence-electron chi connectivity index (χ3n) is 3.65. The van der Waals surface area contributed by atoms with Gasteiger partial charge in [-0.05, 0) is 40.1 Å². The summed E-state index contributed by atoms with van der Waals surface area (Å²) in [4.78, 5) is 6.63. The van der Waals surface area contributed by atoms with E-state index in [1.807, 2.05) is 56.7 Å². The SMILES string of the molecule is Cc1cc(NC[C@@H](c2ccco2)N(C)C)n2nc(C)cc2n1. The van der Waals surface area contributed by atoms with Crippen LogP contribution in [0.25, 0.3) is 5.65 Å². The molecule has 0 aliphatic heterocycles. The van der Waals surface area contributed by atoms with Crippen molar-refractivity contribution in [1.29, 1.82) is 0 Å². The van der Waals surface area contributed by atoms with Crippen LogP contribution in [-0.4, -0.2) is 40.1 Å². The van der Waals surface area contributed by atoms with Crippen LogP contribution in [0.15, 0.2) is 34.9 Å². The second kappa shape index (κ2) is 5.81. The molecule has 1 atom stereocenters. The van der Waals surface area contributed by atoms with Crippen LogP contribution in [0.2, 0.25) is 0 Å². The molecule has 116 valence electrons. The van der Waals surface area contributed by atoms with E-state index in [9.17, 15) is 0 Å². The van der Waals surface area contributed by atoms with Gasteiger partial charge in [-0.15, -0.1) is 0 Å². The van der Waals surface area contributed by atoms with Crippen molar-refractivity contribution in [1.82, 2.24) is 19.5 Å². The Morgan fingerprint density at radius 3 is 2.77 bits per heavy atom. The maximum atomic E-state index is 5.54.